The van der Waals surface area contributed by atoms with Gasteiger partial charge in [0.15, 0.2) is 0 Å². The summed E-state index contributed by atoms with van der Waals surface area (Å²) in [5.41, 5.74) is 0.883. The van der Waals surface area contributed by atoms with Crippen molar-refractivity contribution >= 4 is 34.9 Å². The molecule has 1 saturated heterocycles. The number of thioether (sulfide) groups is 1. The van der Waals surface area contributed by atoms with Crippen LogP contribution in [0.1, 0.15) is 15.9 Å². The smallest absolute Gasteiger partial charge is 0.293 e. The molecular formula is C19H14F2N2O3S. The number of halogens is 2. The van der Waals surface area contributed by atoms with Gasteiger partial charge in [-0.15, -0.1) is 0 Å². The molecule has 0 radical (unpaired) electrons. The van der Waals surface area contributed by atoms with Crippen LogP contribution in [0, 0.1) is 11.6 Å². The topological polar surface area (TPSA) is 66.5 Å². The van der Waals surface area contributed by atoms with Gasteiger partial charge < -0.3 is 5.32 Å². The highest BCUT2D eigenvalue weighted by molar-refractivity contribution is 8.18. The van der Waals surface area contributed by atoms with Gasteiger partial charge in [-0.1, -0.05) is 12.1 Å². The van der Waals surface area contributed by atoms with Gasteiger partial charge in [0.05, 0.1) is 4.91 Å². The lowest BCUT2D eigenvalue weighted by atomic mass is 10.2. The number of hydrogen-bond acceptors (Lipinski definition) is 4. The molecule has 0 saturated carbocycles. The van der Waals surface area contributed by atoms with Crippen LogP contribution in [-0.4, -0.2) is 35.0 Å². The van der Waals surface area contributed by atoms with Crippen LogP contribution in [0.2, 0.25) is 0 Å². The molecule has 2 aromatic rings. The third-order valence-corrected chi connectivity index (χ3v) is 4.68. The SMILES string of the molecule is O=C(NCCN1C(=O)S/C(=C\c2ccc(F)cc2)C1=O)c1ccc(F)cc1. The Hall–Kier alpha value is -3.00. The van der Waals surface area contributed by atoms with Crippen molar-refractivity contribution in [3.63, 3.8) is 0 Å². The van der Waals surface area contributed by atoms with E-state index in [4.69, 9.17) is 0 Å². The van der Waals surface area contributed by atoms with Crippen molar-refractivity contribution in [2.45, 2.75) is 0 Å². The first-order chi connectivity index (χ1) is 12.9. The standard InChI is InChI=1S/C19H14F2N2O3S/c20-14-5-1-12(2-6-14)11-16-18(25)23(19(26)27-16)10-9-22-17(24)13-3-7-15(21)8-4-13/h1-8,11H,9-10H2,(H,22,24)/b16-11-. The van der Waals surface area contributed by atoms with Gasteiger partial charge in [-0.3, -0.25) is 19.3 Å². The van der Waals surface area contributed by atoms with E-state index in [0.717, 1.165) is 16.7 Å². The molecule has 3 amide bonds. The molecule has 0 aliphatic carbocycles. The molecule has 1 aliphatic heterocycles. The Morgan fingerprint density at radius 3 is 2.22 bits per heavy atom. The fourth-order valence-electron chi connectivity index (χ4n) is 2.39. The molecule has 0 spiro atoms. The van der Waals surface area contributed by atoms with Gasteiger partial charge in [-0.25, -0.2) is 8.78 Å². The second kappa shape index (κ2) is 8.13. The molecule has 0 aromatic heterocycles. The van der Waals surface area contributed by atoms with Crippen molar-refractivity contribution in [2.24, 2.45) is 0 Å². The van der Waals surface area contributed by atoms with E-state index in [0.29, 0.717) is 5.56 Å². The molecule has 27 heavy (non-hydrogen) atoms. The third-order valence-electron chi connectivity index (χ3n) is 3.77. The summed E-state index contributed by atoms with van der Waals surface area (Å²) in [5, 5.41) is 2.14. The second-order valence-corrected chi connectivity index (χ2v) is 6.64. The van der Waals surface area contributed by atoms with Crippen molar-refractivity contribution in [1.29, 1.82) is 0 Å². The first-order valence-corrected chi connectivity index (χ1v) is 8.80. The average molecular weight is 388 g/mol. The van der Waals surface area contributed by atoms with E-state index in [2.05, 4.69) is 5.32 Å². The van der Waals surface area contributed by atoms with Gasteiger partial charge in [0, 0.05) is 18.7 Å². The van der Waals surface area contributed by atoms with Crippen LogP contribution in [0.4, 0.5) is 13.6 Å². The molecule has 0 unspecified atom stereocenters. The Balaban J connectivity index is 1.58. The summed E-state index contributed by atoms with van der Waals surface area (Å²) < 4.78 is 25.8. The van der Waals surface area contributed by atoms with E-state index < -0.39 is 28.7 Å². The van der Waals surface area contributed by atoms with Gasteiger partial charge in [-0.05, 0) is 59.8 Å². The lowest BCUT2D eigenvalue weighted by Gasteiger charge is -2.13. The minimum Gasteiger partial charge on any atom is -0.350 e. The van der Waals surface area contributed by atoms with Gasteiger partial charge in [0.25, 0.3) is 17.1 Å². The second-order valence-electron chi connectivity index (χ2n) is 5.65. The zero-order valence-electron chi connectivity index (χ0n) is 13.9. The molecule has 1 heterocycles. The highest BCUT2D eigenvalue weighted by Gasteiger charge is 2.34. The molecule has 0 atom stereocenters. The molecule has 2 aromatic carbocycles. The van der Waals surface area contributed by atoms with Crippen molar-refractivity contribution < 1.29 is 23.2 Å². The monoisotopic (exact) mass is 388 g/mol. The summed E-state index contributed by atoms with van der Waals surface area (Å²) >= 11 is 0.788. The lowest BCUT2D eigenvalue weighted by molar-refractivity contribution is -0.122. The van der Waals surface area contributed by atoms with Crippen molar-refractivity contribution in [3.05, 3.63) is 76.2 Å². The van der Waals surface area contributed by atoms with Crippen molar-refractivity contribution in [3.8, 4) is 0 Å². The Morgan fingerprint density at radius 1 is 1.00 bits per heavy atom. The molecule has 1 aliphatic rings. The quantitative estimate of drug-likeness (QED) is 0.797. The number of nitrogens with zero attached hydrogens (tertiary/aromatic N) is 1. The fraction of sp³-hybridized carbons (Fsp3) is 0.105. The molecule has 8 heteroatoms. The summed E-state index contributed by atoms with van der Waals surface area (Å²) in [7, 11) is 0. The van der Waals surface area contributed by atoms with Crippen LogP contribution in [0.15, 0.2) is 53.4 Å². The van der Waals surface area contributed by atoms with Crippen LogP contribution >= 0.6 is 11.8 Å². The number of hydrogen-bond donors (Lipinski definition) is 1. The van der Waals surface area contributed by atoms with E-state index in [9.17, 15) is 23.2 Å². The normalized spacial score (nSPS) is 15.5. The number of carbonyl (C=O) groups is 3. The summed E-state index contributed by atoms with van der Waals surface area (Å²) in [6.45, 7) is 0.0798. The third kappa shape index (κ3) is 4.59. The maximum Gasteiger partial charge on any atom is 0.293 e. The number of rotatable bonds is 5. The van der Waals surface area contributed by atoms with Crippen LogP contribution in [0.3, 0.4) is 0 Å². The molecule has 138 valence electrons. The van der Waals surface area contributed by atoms with Gasteiger partial charge in [-0.2, -0.15) is 0 Å². The molecule has 5 nitrogen and oxygen atoms in total. The van der Waals surface area contributed by atoms with Crippen LogP contribution in [0.25, 0.3) is 6.08 Å². The maximum absolute atomic E-state index is 12.9. The van der Waals surface area contributed by atoms with Gasteiger partial charge in [0.1, 0.15) is 11.6 Å². The first-order valence-electron chi connectivity index (χ1n) is 7.99. The number of amides is 3. The molecular weight excluding hydrogens is 374 g/mol. The predicted molar refractivity (Wildman–Crippen MR) is 97.8 cm³/mol. The highest BCUT2D eigenvalue weighted by atomic mass is 32.2. The Labute approximate surface area is 158 Å². The van der Waals surface area contributed by atoms with Crippen molar-refractivity contribution in [1.82, 2.24) is 10.2 Å². The summed E-state index contributed by atoms with van der Waals surface area (Å²) in [6.07, 6.45) is 1.52. The minimum atomic E-state index is -0.467. The maximum atomic E-state index is 12.9. The average Bonchev–Trinajstić information content (AvgIpc) is 2.91. The summed E-state index contributed by atoms with van der Waals surface area (Å²) in [5.74, 6) is -1.73. The number of benzene rings is 2. The Morgan fingerprint density at radius 2 is 1.59 bits per heavy atom. The summed E-state index contributed by atoms with van der Waals surface area (Å²) in [6, 6.07) is 10.6. The molecule has 1 fully saturated rings. The zero-order valence-corrected chi connectivity index (χ0v) is 14.8. The van der Waals surface area contributed by atoms with Crippen LogP contribution in [0.5, 0.6) is 0 Å². The lowest BCUT2D eigenvalue weighted by Crippen LogP contribution is -2.37. The minimum absolute atomic E-state index is 0.0123. The van der Waals surface area contributed by atoms with E-state index in [1.807, 2.05) is 0 Å². The Kier molecular flexibility index (Phi) is 5.66. The van der Waals surface area contributed by atoms with E-state index in [-0.39, 0.29) is 23.6 Å². The molecule has 1 N–H and O–H groups in total. The van der Waals surface area contributed by atoms with Gasteiger partial charge in [0.2, 0.25) is 0 Å². The largest absolute Gasteiger partial charge is 0.350 e. The van der Waals surface area contributed by atoms with E-state index in [1.54, 1.807) is 0 Å². The Bertz CT molecular complexity index is 912. The number of nitrogens with one attached hydrogen (secondary N) is 1. The molecule has 0 bridgehead atoms. The number of carbonyl (C=O) groups excluding carboxylic acids is 3. The zero-order chi connectivity index (χ0) is 19.4. The van der Waals surface area contributed by atoms with E-state index >= 15 is 0 Å². The highest BCUT2D eigenvalue weighted by Crippen LogP contribution is 2.31. The summed E-state index contributed by atoms with van der Waals surface area (Å²) in [4.78, 5) is 37.6. The van der Waals surface area contributed by atoms with Crippen LogP contribution in [-0.2, 0) is 4.79 Å². The van der Waals surface area contributed by atoms with Gasteiger partial charge >= 0.3 is 0 Å². The number of imide groups is 1. The van der Waals surface area contributed by atoms with E-state index in [1.165, 1.54) is 54.6 Å². The van der Waals surface area contributed by atoms with Crippen molar-refractivity contribution in [2.75, 3.05) is 13.1 Å². The predicted octanol–water partition coefficient (Wildman–Crippen LogP) is 3.43. The van der Waals surface area contributed by atoms with Crippen LogP contribution < -0.4 is 5.32 Å². The molecule has 3 rings (SSSR count). The first kappa shape index (κ1) is 18.8. The fourth-order valence-corrected chi connectivity index (χ4v) is 3.25.